The second kappa shape index (κ2) is 8.11. The van der Waals surface area contributed by atoms with Crippen LogP contribution in [-0.2, 0) is 22.5 Å². The highest BCUT2D eigenvalue weighted by Crippen LogP contribution is 2.32. The van der Waals surface area contributed by atoms with Crippen molar-refractivity contribution >= 4 is 23.2 Å². The van der Waals surface area contributed by atoms with Crippen molar-refractivity contribution in [3.8, 4) is 0 Å². The van der Waals surface area contributed by atoms with Crippen molar-refractivity contribution in [1.29, 1.82) is 0 Å². The van der Waals surface area contributed by atoms with Crippen molar-refractivity contribution in [2.24, 2.45) is 0 Å². The summed E-state index contributed by atoms with van der Waals surface area (Å²) in [5.74, 6) is -0.511. The average molecular weight is 401 g/mol. The molecule has 2 aliphatic rings. The summed E-state index contributed by atoms with van der Waals surface area (Å²) in [7, 11) is 0. The van der Waals surface area contributed by atoms with Crippen LogP contribution in [0, 0.1) is 13.8 Å². The minimum Gasteiger partial charge on any atom is -0.452 e. The summed E-state index contributed by atoms with van der Waals surface area (Å²) in [6.07, 6.45) is 7.02. The Kier molecular flexibility index (Phi) is 5.58. The van der Waals surface area contributed by atoms with Gasteiger partial charge in [-0.05, 0) is 56.2 Å². The van der Waals surface area contributed by atoms with Crippen molar-refractivity contribution in [3.63, 3.8) is 0 Å². The highest BCUT2D eigenvalue weighted by Gasteiger charge is 2.25. The van der Waals surface area contributed by atoms with E-state index in [1.54, 1.807) is 16.2 Å². The minimum absolute atomic E-state index is 0.119. The molecule has 0 unspecified atom stereocenters. The molecular formula is C22H28N2O3S. The van der Waals surface area contributed by atoms with E-state index in [2.05, 4.69) is 22.9 Å². The van der Waals surface area contributed by atoms with Gasteiger partial charge in [-0.1, -0.05) is 19.3 Å². The van der Waals surface area contributed by atoms with Crippen LogP contribution in [0.5, 0.6) is 0 Å². The third kappa shape index (κ3) is 3.75. The number of aryl methyl sites for hydroxylation is 1. The molecule has 2 aromatic heterocycles. The maximum atomic E-state index is 12.7. The normalized spacial score (nSPS) is 17.4. The van der Waals surface area contributed by atoms with Gasteiger partial charge in [0.05, 0.1) is 5.56 Å². The maximum absolute atomic E-state index is 12.7. The fraction of sp³-hybridized carbons (Fsp3) is 0.545. The van der Waals surface area contributed by atoms with Crippen LogP contribution in [-0.4, -0.2) is 34.5 Å². The first-order valence-electron chi connectivity index (χ1n) is 10.2. The molecule has 1 aliphatic heterocycles. The maximum Gasteiger partial charge on any atom is 0.340 e. The van der Waals surface area contributed by atoms with E-state index >= 15 is 0 Å². The molecule has 0 atom stereocenters. The molecule has 3 heterocycles. The van der Waals surface area contributed by atoms with Crippen molar-refractivity contribution in [3.05, 3.63) is 44.9 Å². The molecule has 1 fully saturated rings. The number of carbonyl (C=O) groups is 2. The van der Waals surface area contributed by atoms with Gasteiger partial charge in [0.2, 0.25) is 0 Å². The standard InChI is InChI=1S/C22H28N2O3S/c1-15-12-19(16(2)24(15)18-6-4-3-5-7-18)22(26)27-14-21(25)23-10-8-20-17(13-23)9-11-28-20/h9,11-12,18H,3-8,10,13-14H2,1-2H3. The fourth-order valence-corrected chi connectivity index (χ4v) is 5.53. The predicted octanol–water partition coefficient (Wildman–Crippen LogP) is 4.41. The van der Waals surface area contributed by atoms with Crippen molar-refractivity contribution in [2.75, 3.05) is 13.2 Å². The summed E-state index contributed by atoms with van der Waals surface area (Å²) in [6, 6.07) is 4.46. The highest BCUT2D eigenvalue weighted by atomic mass is 32.1. The number of hydrogen-bond donors (Lipinski definition) is 0. The Hall–Kier alpha value is -2.08. The molecular weight excluding hydrogens is 372 g/mol. The highest BCUT2D eigenvalue weighted by molar-refractivity contribution is 7.10. The number of amides is 1. The van der Waals surface area contributed by atoms with Gasteiger partial charge in [0.1, 0.15) is 0 Å². The number of rotatable bonds is 4. The first-order chi connectivity index (χ1) is 13.5. The largest absolute Gasteiger partial charge is 0.452 e. The number of hydrogen-bond acceptors (Lipinski definition) is 4. The molecule has 1 aliphatic carbocycles. The molecule has 150 valence electrons. The second-order valence-corrected chi connectivity index (χ2v) is 8.96. The number of esters is 1. The molecule has 6 heteroatoms. The van der Waals surface area contributed by atoms with Crippen LogP contribution in [0.1, 0.15) is 70.3 Å². The first kappa shape index (κ1) is 19.2. The predicted molar refractivity (Wildman–Crippen MR) is 110 cm³/mol. The van der Waals surface area contributed by atoms with Crippen LogP contribution in [0.2, 0.25) is 0 Å². The Morgan fingerprint density at radius 1 is 1.21 bits per heavy atom. The summed E-state index contributed by atoms with van der Waals surface area (Å²) in [5.41, 5.74) is 3.87. The Balaban J connectivity index is 1.38. The molecule has 5 nitrogen and oxygen atoms in total. The van der Waals surface area contributed by atoms with Crippen molar-refractivity contribution in [1.82, 2.24) is 9.47 Å². The average Bonchev–Trinajstić information content (AvgIpc) is 3.29. The number of carbonyl (C=O) groups excluding carboxylic acids is 2. The summed E-state index contributed by atoms with van der Waals surface area (Å²) in [5, 5.41) is 2.07. The van der Waals surface area contributed by atoms with E-state index < -0.39 is 5.97 Å². The summed E-state index contributed by atoms with van der Waals surface area (Å²) >= 11 is 1.75. The lowest BCUT2D eigenvalue weighted by Crippen LogP contribution is -2.38. The molecule has 0 N–H and O–H groups in total. The van der Waals surface area contributed by atoms with Gasteiger partial charge < -0.3 is 14.2 Å². The molecule has 0 aromatic carbocycles. The van der Waals surface area contributed by atoms with Gasteiger partial charge in [0, 0.05) is 35.4 Å². The van der Waals surface area contributed by atoms with Gasteiger partial charge in [0.15, 0.2) is 6.61 Å². The lowest BCUT2D eigenvalue weighted by Gasteiger charge is -2.27. The van der Waals surface area contributed by atoms with Crippen LogP contribution in [0.15, 0.2) is 17.5 Å². The van der Waals surface area contributed by atoms with E-state index in [0.29, 0.717) is 24.7 Å². The van der Waals surface area contributed by atoms with Crippen LogP contribution >= 0.6 is 11.3 Å². The van der Waals surface area contributed by atoms with Gasteiger partial charge in [-0.2, -0.15) is 0 Å². The second-order valence-electron chi connectivity index (χ2n) is 7.96. The van der Waals surface area contributed by atoms with E-state index in [9.17, 15) is 9.59 Å². The van der Waals surface area contributed by atoms with E-state index in [0.717, 1.165) is 17.8 Å². The third-order valence-electron chi connectivity index (χ3n) is 6.13. The SMILES string of the molecule is Cc1cc(C(=O)OCC(=O)N2CCc3sccc3C2)c(C)n1C1CCCCC1. The van der Waals surface area contributed by atoms with Gasteiger partial charge in [0.25, 0.3) is 5.91 Å². The summed E-state index contributed by atoms with van der Waals surface area (Å²) in [6.45, 7) is 5.16. The van der Waals surface area contributed by atoms with E-state index in [-0.39, 0.29) is 12.5 Å². The third-order valence-corrected chi connectivity index (χ3v) is 7.15. The number of nitrogens with zero attached hydrogens (tertiary/aromatic N) is 2. The molecule has 1 amide bonds. The molecule has 0 bridgehead atoms. The topological polar surface area (TPSA) is 51.5 Å². The lowest BCUT2D eigenvalue weighted by molar-refractivity contribution is -0.135. The van der Waals surface area contributed by atoms with E-state index in [1.807, 2.05) is 13.0 Å². The molecule has 2 aromatic rings. The van der Waals surface area contributed by atoms with Crippen LogP contribution in [0.3, 0.4) is 0 Å². The van der Waals surface area contributed by atoms with Crippen LogP contribution < -0.4 is 0 Å². The molecule has 28 heavy (non-hydrogen) atoms. The molecule has 0 radical (unpaired) electrons. The zero-order valence-corrected chi connectivity index (χ0v) is 17.5. The Morgan fingerprint density at radius 3 is 2.79 bits per heavy atom. The van der Waals surface area contributed by atoms with Crippen molar-refractivity contribution in [2.45, 2.75) is 65.0 Å². The molecule has 0 saturated heterocycles. The lowest BCUT2D eigenvalue weighted by atomic mass is 9.95. The van der Waals surface area contributed by atoms with Gasteiger partial charge >= 0.3 is 5.97 Å². The minimum atomic E-state index is -0.392. The number of ether oxygens (including phenoxy) is 1. The Bertz CT molecular complexity index is 876. The van der Waals surface area contributed by atoms with Crippen molar-refractivity contribution < 1.29 is 14.3 Å². The van der Waals surface area contributed by atoms with Gasteiger partial charge in [-0.3, -0.25) is 4.79 Å². The quantitative estimate of drug-likeness (QED) is 0.714. The fourth-order valence-electron chi connectivity index (χ4n) is 4.64. The van der Waals surface area contributed by atoms with E-state index in [4.69, 9.17) is 4.74 Å². The molecule has 0 spiro atoms. The van der Waals surface area contributed by atoms with Crippen LogP contribution in [0.25, 0.3) is 0 Å². The number of thiophene rings is 1. The van der Waals surface area contributed by atoms with Gasteiger partial charge in [-0.15, -0.1) is 11.3 Å². The Morgan fingerprint density at radius 2 is 2.00 bits per heavy atom. The van der Waals surface area contributed by atoms with E-state index in [1.165, 1.54) is 42.5 Å². The summed E-state index contributed by atoms with van der Waals surface area (Å²) in [4.78, 5) is 28.3. The summed E-state index contributed by atoms with van der Waals surface area (Å²) < 4.78 is 7.70. The monoisotopic (exact) mass is 400 g/mol. The molecule has 1 saturated carbocycles. The number of aromatic nitrogens is 1. The number of fused-ring (bicyclic) bond motifs is 1. The zero-order valence-electron chi connectivity index (χ0n) is 16.7. The molecule has 4 rings (SSSR count). The first-order valence-corrected chi connectivity index (χ1v) is 11.1. The van der Waals surface area contributed by atoms with Crippen LogP contribution in [0.4, 0.5) is 0 Å². The smallest absolute Gasteiger partial charge is 0.340 e. The van der Waals surface area contributed by atoms with Gasteiger partial charge in [-0.25, -0.2) is 4.79 Å². The Labute approximate surface area is 170 Å². The zero-order chi connectivity index (χ0) is 19.7.